The molecule has 1 N–H and O–H groups in total. The van der Waals surface area contributed by atoms with E-state index >= 15 is 0 Å². The van der Waals surface area contributed by atoms with Crippen molar-refractivity contribution in [1.29, 1.82) is 0 Å². The highest BCUT2D eigenvalue weighted by molar-refractivity contribution is 6.10. The molecule has 0 aliphatic carbocycles. The lowest BCUT2D eigenvalue weighted by Gasteiger charge is -2.57. The van der Waals surface area contributed by atoms with Gasteiger partial charge in [-0.15, -0.1) is 0 Å². The van der Waals surface area contributed by atoms with Crippen LogP contribution in [0.25, 0.3) is 0 Å². The Bertz CT molecular complexity index is 1130. The number of halogens is 5. The molecule has 33 heavy (non-hydrogen) atoms. The average Bonchev–Trinajstić information content (AvgIpc) is 2.69. The summed E-state index contributed by atoms with van der Waals surface area (Å²) in [6, 6.07) is 6.47. The zero-order chi connectivity index (χ0) is 24.1. The van der Waals surface area contributed by atoms with Crippen LogP contribution in [0.4, 0.5) is 32.4 Å². The van der Waals surface area contributed by atoms with E-state index in [1.807, 2.05) is 0 Å². The molecule has 2 heterocycles. The van der Waals surface area contributed by atoms with Crippen LogP contribution < -0.4 is 4.90 Å². The van der Waals surface area contributed by atoms with Crippen molar-refractivity contribution in [3.05, 3.63) is 65.2 Å². The summed E-state index contributed by atoms with van der Waals surface area (Å²) in [4.78, 5) is 40.5. The number of hydrogen-bond donors (Lipinski definition) is 1. The second kappa shape index (κ2) is 7.71. The zero-order valence-electron chi connectivity index (χ0n) is 16.8. The molecule has 3 amide bonds. The number of carbonyl (C=O) groups is 3. The third-order valence-corrected chi connectivity index (χ3v) is 5.75. The van der Waals surface area contributed by atoms with Crippen molar-refractivity contribution in [3.8, 4) is 0 Å². The van der Waals surface area contributed by atoms with Crippen molar-refractivity contribution in [2.24, 2.45) is 0 Å². The Balaban J connectivity index is 1.67. The topological polar surface area (TPSA) is 81.2 Å². The Kier molecular flexibility index (Phi) is 5.26. The predicted octanol–water partition coefficient (Wildman–Crippen LogP) is 3.09. The lowest BCUT2D eigenvalue weighted by atomic mass is 9.83. The molecule has 2 aromatic carbocycles. The first kappa shape index (κ1) is 22.5. The van der Waals surface area contributed by atoms with Crippen LogP contribution >= 0.6 is 0 Å². The van der Waals surface area contributed by atoms with Gasteiger partial charge in [-0.3, -0.25) is 14.5 Å². The maximum atomic E-state index is 14.3. The van der Waals surface area contributed by atoms with Crippen molar-refractivity contribution in [1.82, 2.24) is 9.80 Å². The molecule has 12 heteroatoms. The minimum atomic E-state index is -4.55. The molecule has 0 unspecified atom stereocenters. The van der Waals surface area contributed by atoms with Gasteiger partial charge in [0, 0.05) is 12.6 Å². The van der Waals surface area contributed by atoms with Crippen molar-refractivity contribution < 1.29 is 41.4 Å². The quantitative estimate of drug-likeness (QED) is 0.701. The van der Waals surface area contributed by atoms with Gasteiger partial charge in [0.25, 0.3) is 5.91 Å². The van der Waals surface area contributed by atoms with Crippen LogP contribution in [0.1, 0.15) is 11.1 Å². The molecule has 2 saturated heterocycles. The molecule has 4 rings (SSSR count). The summed E-state index contributed by atoms with van der Waals surface area (Å²) in [6.45, 7) is -1.65. The Hall–Kier alpha value is -3.70. The van der Waals surface area contributed by atoms with Crippen molar-refractivity contribution in [3.63, 3.8) is 0 Å². The van der Waals surface area contributed by atoms with Crippen molar-refractivity contribution in [2.45, 2.75) is 18.3 Å². The molecule has 0 bridgehead atoms. The average molecular weight is 469 g/mol. The Morgan fingerprint density at radius 3 is 2.21 bits per heavy atom. The fourth-order valence-electron chi connectivity index (χ4n) is 4.04. The number of carboxylic acid groups (broad SMARTS) is 1. The summed E-state index contributed by atoms with van der Waals surface area (Å²) in [5, 5.41) is 9.23. The Morgan fingerprint density at radius 1 is 1.03 bits per heavy atom. The highest BCUT2D eigenvalue weighted by Gasteiger charge is 2.61. The molecular formula is C21H16F5N3O4. The van der Waals surface area contributed by atoms with Crippen LogP contribution in [0.2, 0.25) is 0 Å². The molecule has 1 spiro atoms. The third kappa shape index (κ3) is 3.85. The number of nitrogens with zero attached hydrogens (tertiary/aromatic N) is 3. The number of rotatable bonds is 3. The van der Waals surface area contributed by atoms with E-state index in [4.69, 9.17) is 0 Å². The lowest BCUT2D eigenvalue weighted by molar-refractivity contribution is -0.162. The van der Waals surface area contributed by atoms with Crippen LogP contribution in [0.5, 0.6) is 0 Å². The molecule has 2 fully saturated rings. The summed E-state index contributed by atoms with van der Waals surface area (Å²) < 4.78 is 66.1. The third-order valence-electron chi connectivity index (χ3n) is 5.75. The monoisotopic (exact) mass is 469 g/mol. The SMILES string of the molecule is O=C(O)N1CC2(C1)C(=O)N(c1ccc(F)cc1F)CC(=O)N2Cc1ccc(C(F)(F)F)cc1. The summed E-state index contributed by atoms with van der Waals surface area (Å²) in [6.07, 6.45) is -5.88. The number of carbonyl (C=O) groups excluding carboxylic acids is 2. The lowest BCUT2D eigenvalue weighted by Crippen LogP contribution is -2.81. The van der Waals surface area contributed by atoms with E-state index in [9.17, 15) is 41.4 Å². The van der Waals surface area contributed by atoms with Gasteiger partial charge < -0.3 is 14.9 Å². The standard InChI is InChI=1S/C21H16F5N3O4/c22-14-5-6-16(15(23)7-14)28-9-17(30)29(20(18(28)31)10-27(11-20)19(32)33)8-12-1-3-13(4-2-12)21(24,25)26/h1-7H,8-11H2,(H,32,33). The second-order valence-electron chi connectivity index (χ2n) is 7.83. The van der Waals surface area contributed by atoms with Gasteiger partial charge >= 0.3 is 12.3 Å². The van der Waals surface area contributed by atoms with Crippen molar-refractivity contribution in [2.75, 3.05) is 24.5 Å². The number of benzene rings is 2. The molecule has 0 radical (unpaired) electrons. The molecular weight excluding hydrogens is 453 g/mol. The second-order valence-corrected chi connectivity index (χ2v) is 7.83. The molecule has 2 aromatic rings. The maximum Gasteiger partial charge on any atom is 0.416 e. The summed E-state index contributed by atoms with van der Waals surface area (Å²) >= 11 is 0. The first-order chi connectivity index (χ1) is 15.4. The molecule has 7 nitrogen and oxygen atoms in total. The highest BCUT2D eigenvalue weighted by Crippen LogP contribution is 2.38. The van der Waals surface area contributed by atoms with E-state index in [2.05, 4.69) is 0 Å². The van der Waals surface area contributed by atoms with Crippen LogP contribution in [0.3, 0.4) is 0 Å². The molecule has 0 aromatic heterocycles. The maximum absolute atomic E-state index is 14.3. The van der Waals surface area contributed by atoms with E-state index in [-0.39, 0.29) is 12.2 Å². The minimum Gasteiger partial charge on any atom is -0.465 e. The number of piperazine rings is 1. The van der Waals surface area contributed by atoms with Gasteiger partial charge in [-0.25, -0.2) is 13.6 Å². The van der Waals surface area contributed by atoms with Gasteiger partial charge in [0.05, 0.1) is 24.3 Å². The van der Waals surface area contributed by atoms with E-state index in [1.54, 1.807) is 0 Å². The fourth-order valence-corrected chi connectivity index (χ4v) is 4.04. The molecule has 2 aliphatic heterocycles. The van der Waals surface area contributed by atoms with Crippen LogP contribution in [-0.2, 0) is 22.3 Å². The molecule has 2 aliphatic rings. The van der Waals surface area contributed by atoms with Gasteiger partial charge in [-0.05, 0) is 29.8 Å². The highest BCUT2D eigenvalue weighted by atomic mass is 19.4. The number of likely N-dealkylation sites (tertiary alicyclic amines) is 1. The van der Waals surface area contributed by atoms with Crippen LogP contribution in [0.15, 0.2) is 42.5 Å². The van der Waals surface area contributed by atoms with E-state index < -0.39 is 66.5 Å². The first-order valence-electron chi connectivity index (χ1n) is 9.64. The first-order valence-corrected chi connectivity index (χ1v) is 9.64. The predicted molar refractivity (Wildman–Crippen MR) is 103 cm³/mol. The van der Waals surface area contributed by atoms with Gasteiger partial charge in [-0.2, -0.15) is 13.2 Å². The van der Waals surface area contributed by atoms with E-state index in [0.29, 0.717) is 11.6 Å². The Labute approximate surface area is 183 Å². The number of hydrogen-bond acceptors (Lipinski definition) is 3. The summed E-state index contributed by atoms with van der Waals surface area (Å²) in [5.41, 5.74) is -2.60. The molecule has 0 atom stereocenters. The van der Waals surface area contributed by atoms with E-state index in [0.717, 1.165) is 51.1 Å². The number of anilines is 1. The fraction of sp³-hybridized carbons (Fsp3) is 0.286. The molecule has 0 saturated carbocycles. The zero-order valence-corrected chi connectivity index (χ0v) is 16.8. The molecule has 174 valence electrons. The van der Waals surface area contributed by atoms with Gasteiger partial charge in [-0.1, -0.05) is 12.1 Å². The van der Waals surface area contributed by atoms with Gasteiger partial charge in [0.15, 0.2) is 5.54 Å². The largest absolute Gasteiger partial charge is 0.465 e. The summed E-state index contributed by atoms with van der Waals surface area (Å²) in [7, 11) is 0. The van der Waals surface area contributed by atoms with Gasteiger partial charge in [0.2, 0.25) is 5.91 Å². The van der Waals surface area contributed by atoms with Crippen LogP contribution in [0, 0.1) is 11.6 Å². The Morgan fingerprint density at radius 2 is 1.67 bits per heavy atom. The number of amides is 3. The number of alkyl halides is 3. The van der Waals surface area contributed by atoms with Gasteiger partial charge in [0.1, 0.15) is 18.2 Å². The van der Waals surface area contributed by atoms with E-state index in [1.165, 1.54) is 0 Å². The van der Waals surface area contributed by atoms with Crippen LogP contribution in [-0.4, -0.2) is 58.0 Å². The summed E-state index contributed by atoms with van der Waals surface area (Å²) in [5.74, 6) is -3.39. The van der Waals surface area contributed by atoms with Crippen molar-refractivity contribution >= 4 is 23.6 Å². The smallest absolute Gasteiger partial charge is 0.416 e. The normalized spacial score (nSPS) is 18.0. The minimum absolute atomic E-state index is 0.254.